The normalized spacial score (nSPS) is 12.1. The summed E-state index contributed by atoms with van der Waals surface area (Å²) in [6.45, 7) is 6.64. The zero-order valence-corrected chi connectivity index (χ0v) is 42.4. The molecule has 0 aromatic carbocycles. The van der Waals surface area contributed by atoms with Crippen LogP contribution in [0.15, 0.2) is 24.3 Å². The highest BCUT2D eigenvalue weighted by molar-refractivity contribution is 5.71. The minimum absolute atomic E-state index is 0.0705. The molecule has 0 N–H and O–H groups in total. The number of ether oxygens (including phenoxy) is 3. The van der Waals surface area contributed by atoms with Crippen LogP contribution in [0.3, 0.4) is 0 Å². The van der Waals surface area contributed by atoms with E-state index in [9.17, 15) is 14.4 Å². The molecular formula is C57H106O6. The minimum Gasteiger partial charge on any atom is -0.462 e. The molecule has 0 aliphatic heterocycles. The second kappa shape index (κ2) is 52.5. The third-order valence-corrected chi connectivity index (χ3v) is 12.5. The summed E-state index contributed by atoms with van der Waals surface area (Å²) in [5.41, 5.74) is 0. The van der Waals surface area contributed by atoms with Crippen molar-refractivity contribution in [3.05, 3.63) is 24.3 Å². The van der Waals surface area contributed by atoms with Crippen LogP contribution >= 0.6 is 0 Å². The number of unbranched alkanes of at least 4 members (excludes halogenated alkanes) is 36. The second-order valence-corrected chi connectivity index (χ2v) is 18.9. The standard InChI is InChI=1S/C57H106O6/c1-4-7-10-13-16-19-22-24-26-27-28-29-31-33-36-38-41-44-47-50-56(59)62-53-54(63-57(60)51-48-45-42-39-34-21-18-15-12-9-6-3)52-61-55(58)49-46-43-40-37-35-32-30-25-23-20-17-14-11-8-5-2/h17,20,25,30,54H,4-16,18-19,21-24,26-29,31-53H2,1-3H3/b20-17-,30-25-/t54-/m1/s1. The lowest BCUT2D eigenvalue weighted by atomic mass is 10.0. The van der Waals surface area contributed by atoms with E-state index in [2.05, 4.69) is 45.1 Å². The van der Waals surface area contributed by atoms with Crippen molar-refractivity contribution in [2.45, 2.75) is 309 Å². The molecule has 0 unspecified atom stereocenters. The fourth-order valence-electron chi connectivity index (χ4n) is 8.24. The average Bonchev–Trinajstić information content (AvgIpc) is 3.28. The van der Waals surface area contributed by atoms with Gasteiger partial charge in [-0.05, 0) is 51.4 Å². The monoisotopic (exact) mass is 887 g/mol. The number of allylic oxidation sites excluding steroid dienone is 4. The van der Waals surface area contributed by atoms with Crippen LogP contribution in [0.25, 0.3) is 0 Å². The summed E-state index contributed by atoms with van der Waals surface area (Å²) in [6.07, 6.45) is 60.2. The van der Waals surface area contributed by atoms with E-state index in [0.717, 1.165) is 77.0 Å². The Hall–Kier alpha value is -2.11. The zero-order valence-electron chi connectivity index (χ0n) is 42.4. The Bertz CT molecular complexity index is 1020. The molecule has 0 rings (SSSR count). The molecule has 0 amide bonds. The summed E-state index contributed by atoms with van der Waals surface area (Å²) in [7, 11) is 0. The number of rotatable bonds is 51. The number of hydrogen-bond donors (Lipinski definition) is 0. The highest BCUT2D eigenvalue weighted by atomic mass is 16.6. The number of esters is 3. The second-order valence-electron chi connectivity index (χ2n) is 18.9. The first-order valence-corrected chi connectivity index (χ1v) is 27.8. The van der Waals surface area contributed by atoms with E-state index in [1.54, 1.807) is 0 Å². The highest BCUT2D eigenvalue weighted by Crippen LogP contribution is 2.17. The van der Waals surface area contributed by atoms with Crippen LogP contribution in [0.2, 0.25) is 0 Å². The Morgan fingerprint density at radius 1 is 0.317 bits per heavy atom. The summed E-state index contributed by atoms with van der Waals surface area (Å²) < 4.78 is 16.8. The van der Waals surface area contributed by atoms with E-state index in [4.69, 9.17) is 14.2 Å². The SMILES string of the molecule is CCCCC/C=C\C/C=C\CCCCCCCC(=O)OC[C@H](COC(=O)CCCCCCCCCCCCCCCCCCCCC)OC(=O)CCCCCCCCCCCCC. The van der Waals surface area contributed by atoms with E-state index in [-0.39, 0.29) is 31.1 Å². The molecule has 0 aliphatic carbocycles. The van der Waals surface area contributed by atoms with Crippen molar-refractivity contribution < 1.29 is 28.6 Å². The van der Waals surface area contributed by atoms with Crippen LogP contribution in [0, 0.1) is 0 Å². The maximum absolute atomic E-state index is 12.8. The van der Waals surface area contributed by atoms with Crippen molar-refractivity contribution in [1.82, 2.24) is 0 Å². The molecule has 6 nitrogen and oxygen atoms in total. The van der Waals surface area contributed by atoms with Crippen molar-refractivity contribution in [3.63, 3.8) is 0 Å². The fourth-order valence-corrected chi connectivity index (χ4v) is 8.24. The zero-order chi connectivity index (χ0) is 45.8. The number of carbonyl (C=O) groups is 3. The largest absolute Gasteiger partial charge is 0.462 e. The average molecular weight is 887 g/mol. The van der Waals surface area contributed by atoms with Gasteiger partial charge in [-0.3, -0.25) is 14.4 Å². The van der Waals surface area contributed by atoms with E-state index < -0.39 is 6.10 Å². The maximum Gasteiger partial charge on any atom is 0.306 e. The van der Waals surface area contributed by atoms with Crippen molar-refractivity contribution in [2.75, 3.05) is 13.2 Å². The van der Waals surface area contributed by atoms with Crippen molar-refractivity contribution in [2.24, 2.45) is 0 Å². The molecule has 0 aromatic heterocycles. The van der Waals surface area contributed by atoms with Gasteiger partial charge in [0.15, 0.2) is 6.10 Å². The molecular weight excluding hydrogens is 781 g/mol. The van der Waals surface area contributed by atoms with Gasteiger partial charge in [-0.2, -0.15) is 0 Å². The Labute approximate surface area is 392 Å². The van der Waals surface area contributed by atoms with Crippen LogP contribution in [-0.2, 0) is 28.6 Å². The lowest BCUT2D eigenvalue weighted by Crippen LogP contribution is -2.30. The third kappa shape index (κ3) is 50.7. The van der Waals surface area contributed by atoms with Gasteiger partial charge in [-0.15, -0.1) is 0 Å². The summed E-state index contributed by atoms with van der Waals surface area (Å²) in [5.74, 6) is -0.868. The van der Waals surface area contributed by atoms with Gasteiger partial charge in [0, 0.05) is 19.3 Å². The summed E-state index contributed by atoms with van der Waals surface area (Å²) in [4.78, 5) is 38.0. The van der Waals surface area contributed by atoms with E-state index in [1.807, 2.05) is 0 Å². The molecule has 0 saturated carbocycles. The molecule has 0 radical (unpaired) electrons. The van der Waals surface area contributed by atoms with Crippen molar-refractivity contribution >= 4 is 17.9 Å². The Morgan fingerprint density at radius 3 is 0.905 bits per heavy atom. The Balaban J connectivity index is 4.28. The predicted octanol–water partition coefficient (Wildman–Crippen LogP) is 18.3. The molecule has 0 spiro atoms. The van der Waals surface area contributed by atoms with Crippen LogP contribution in [0.4, 0.5) is 0 Å². The smallest absolute Gasteiger partial charge is 0.306 e. The molecule has 370 valence electrons. The lowest BCUT2D eigenvalue weighted by molar-refractivity contribution is -0.167. The molecule has 0 aliphatic rings. The third-order valence-electron chi connectivity index (χ3n) is 12.5. The topological polar surface area (TPSA) is 78.9 Å². The van der Waals surface area contributed by atoms with E-state index in [1.165, 1.54) is 186 Å². The summed E-state index contributed by atoms with van der Waals surface area (Å²) in [5, 5.41) is 0. The Kier molecular flexibility index (Phi) is 50.8. The molecule has 1 atom stereocenters. The molecule has 0 aromatic rings. The summed E-state index contributed by atoms with van der Waals surface area (Å²) >= 11 is 0. The van der Waals surface area contributed by atoms with Gasteiger partial charge in [0.1, 0.15) is 13.2 Å². The quantitative estimate of drug-likeness (QED) is 0.0262. The van der Waals surface area contributed by atoms with Gasteiger partial charge in [0.05, 0.1) is 0 Å². The van der Waals surface area contributed by atoms with Crippen LogP contribution < -0.4 is 0 Å². The number of carbonyl (C=O) groups excluding carboxylic acids is 3. The van der Waals surface area contributed by atoms with Gasteiger partial charge in [0.25, 0.3) is 0 Å². The number of hydrogen-bond acceptors (Lipinski definition) is 6. The lowest BCUT2D eigenvalue weighted by Gasteiger charge is -2.18. The van der Waals surface area contributed by atoms with Crippen LogP contribution in [0.5, 0.6) is 0 Å². The molecule has 63 heavy (non-hydrogen) atoms. The maximum atomic E-state index is 12.8. The first kappa shape index (κ1) is 60.9. The van der Waals surface area contributed by atoms with E-state index >= 15 is 0 Å². The highest BCUT2D eigenvalue weighted by Gasteiger charge is 2.19. The molecule has 0 saturated heterocycles. The Morgan fingerprint density at radius 2 is 0.571 bits per heavy atom. The summed E-state index contributed by atoms with van der Waals surface area (Å²) in [6, 6.07) is 0. The minimum atomic E-state index is -0.771. The van der Waals surface area contributed by atoms with Gasteiger partial charge in [0.2, 0.25) is 0 Å². The molecule has 0 heterocycles. The van der Waals surface area contributed by atoms with Gasteiger partial charge in [-0.1, -0.05) is 257 Å². The van der Waals surface area contributed by atoms with Crippen molar-refractivity contribution in [3.8, 4) is 0 Å². The first-order valence-electron chi connectivity index (χ1n) is 27.8. The molecule has 6 heteroatoms. The van der Waals surface area contributed by atoms with Crippen LogP contribution in [-0.4, -0.2) is 37.2 Å². The van der Waals surface area contributed by atoms with Gasteiger partial charge in [-0.25, -0.2) is 0 Å². The molecule has 0 fully saturated rings. The van der Waals surface area contributed by atoms with Crippen molar-refractivity contribution in [1.29, 1.82) is 0 Å². The predicted molar refractivity (Wildman–Crippen MR) is 270 cm³/mol. The first-order chi connectivity index (χ1) is 31.0. The van der Waals surface area contributed by atoms with Gasteiger partial charge >= 0.3 is 17.9 Å². The molecule has 0 bridgehead atoms. The van der Waals surface area contributed by atoms with Gasteiger partial charge < -0.3 is 14.2 Å². The van der Waals surface area contributed by atoms with E-state index in [0.29, 0.717) is 19.3 Å². The van der Waals surface area contributed by atoms with Crippen LogP contribution in [0.1, 0.15) is 303 Å². The fraction of sp³-hybridized carbons (Fsp3) is 0.877.